The molecule has 2 aromatic carbocycles. The van der Waals surface area contributed by atoms with Gasteiger partial charge in [0.2, 0.25) is 0 Å². The fourth-order valence-corrected chi connectivity index (χ4v) is 2.41. The van der Waals surface area contributed by atoms with Gasteiger partial charge in [-0.25, -0.2) is 0 Å². The largest absolute Gasteiger partial charge is 0.454 e. The van der Waals surface area contributed by atoms with Gasteiger partial charge in [0.1, 0.15) is 6.54 Å². The molecular weight excluding hydrogens is 386 g/mol. The van der Waals surface area contributed by atoms with Crippen molar-refractivity contribution in [3.8, 4) is 0 Å². The Hall–Kier alpha value is -3.68. The molecule has 0 heterocycles. The summed E-state index contributed by atoms with van der Waals surface area (Å²) in [6, 6.07) is 15.0. The van der Waals surface area contributed by atoms with E-state index in [1.165, 1.54) is 0 Å². The zero-order valence-electron chi connectivity index (χ0n) is 16.9. The van der Waals surface area contributed by atoms with Crippen LogP contribution in [-0.2, 0) is 14.3 Å². The van der Waals surface area contributed by atoms with Gasteiger partial charge in [0.05, 0.1) is 11.3 Å². The molecule has 0 radical (unpaired) electrons. The molecule has 158 valence electrons. The van der Waals surface area contributed by atoms with E-state index in [2.05, 4.69) is 16.0 Å². The maximum Gasteiger partial charge on any atom is 0.325 e. The van der Waals surface area contributed by atoms with Crippen LogP contribution in [-0.4, -0.2) is 43.4 Å². The van der Waals surface area contributed by atoms with E-state index < -0.39 is 24.4 Å². The first-order valence-corrected chi connectivity index (χ1v) is 9.52. The molecule has 0 aliphatic carbocycles. The minimum atomic E-state index is -0.752. The number of para-hydroxylation sites is 1. The maximum absolute atomic E-state index is 12.3. The van der Waals surface area contributed by atoms with Crippen LogP contribution in [0.25, 0.3) is 0 Å². The first-order valence-electron chi connectivity index (χ1n) is 9.52. The molecule has 8 heteroatoms. The number of hydrogen-bond acceptors (Lipinski definition) is 5. The fourth-order valence-electron chi connectivity index (χ4n) is 2.41. The van der Waals surface area contributed by atoms with Gasteiger partial charge in [-0.05, 0) is 30.2 Å². The highest BCUT2D eigenvalue weighted by Gasteiger charge is 2.15. The third-order valence-electron chi connectivity index (χ3n) is 3.91. The molecule has 0 saturated heterocycles. The van der Waals surface area contributed by atoms with Gasteiger partial charge in [0, 0.05) is 12.1 Å². The Morgan fingerprint density at radius 1 is 0.867 bits per heavy atom. The quantitative estimate of drug-likeness (QED) is 0.546. The summed E-state index contributed by atoms with van der Waals surface area (Å²) in [5.41, 5.74) is 1.04. The Balaban J connectivity index is 1.81. The van der Waals surface area contributed by atoms with E-state index in [9.17, 15) is 19.2 Å². The standard InChI is InChI=1S/C22H25N3O5/c1-15(2)12-23-22(29)17-10-6-7-11-18(17)25-19(26)14-30-20(27)13-24-21(28)16-8-4-3-5-9-16/h3-11,15H,12-14H2,1-2H3,(H,23,29)(H,24,28)(H,25,26). The summed E-state index contributed by atoms with van der Waals surface area (Å²) in [6.07, 6.45) is 0. The monoisotopic (exact) mass is 411 g/mol. The van der Waals surface area contributed by atoms with Gasteiger partial charge in [-0.2, -0.15) is 0 Å². The van der Waals surface area contributed by atoms with Crippen LogP contribution < -0.4 is 16.0 Å². The molecular formula is C22H25N3O5. The van der Waals surface area contributed by atoms with Crippen LogP contribution in [0.3, 0.4) is 0 Å². The number of amides is 3. The number of carbonyl (C=O) groups excluding carboxylic acids is 4. The number of ether oxygens (including phenoxy) is 1. The van der Waals surface area contributed by atoms with E-state index in [0.29, 0.717) is 23.4 Å². The molecule has 3 amide bonds. The first kappa shape index (κ1) is 22.6. The van der Waals surface area contributed by atoms with Crippen molar-refractivity contribution in [1.82, 2.24) is 10.6 Å². The molecule has 0 unspecified atom stereocenters. The van der Waals surface area contributed by atoms with Crippen molar-refractivity contribution in [3.63, 3.8) is 0 Å². The Labute approximate surface area is 175 Å². The van der Waals surface area contributed by atoms with Crippen LogP contribution in [0.5, 0.6) is 0 Å². The molecule has 0 aliphatic heterocycles. The Kier molecular flexibility index (Phi) is 8.56. The average molecular weight is 411 g/mol. The average Bonchev–Trinajstić information content (AvgIpc) is 2.75. The lowest BCUT2D eigenvalue weighted by molar-refractivity contribution is -0.146. The molecule has 30 heavy (non-hydrogen) atoms. The maximum atomic E-state index is 12.3. The second kappa shape index (κ2) is 11.4. The van der Waals surface area contributed by atoms with Gasteiger partial charge < -0.3 is 20.7 Å². The number of nitrogens with one attached hydrogen (secondary N) is 3. The zero-order valence-corrected chi connectivity index (χ0v) is 16.9. The Morgan fingerprint density at radius 2 is 1.53 bits per heavy atom. The summed E-state index contributed by atoms with van der Waals surface area (Å²) < 4.78 is 4.88. The van der Waals surface area contributed by atoms with Crippen LogP contribution in [0.4, 0.5) is 5.69 Å². The topological polar surface area (TPSA) is 114 Å². The Morgan fingerprint density at radius 3 is 2.23 bits per heavy atom. The minimum absolute atomic E-state index is 0.289. The van der Waals surface area contributed by atoms with E-state index in [1.807, 2.05) is 13.8 Å². The highest BCUT2D eigenvalue weighted by Crippen LogP contribution is 2.15. The van der Waals surface area contributed by atoms with Crippen molar-refractivity contribution in [3.05, 3.63) is 65.7 Å². The molecule has 8 nitrogen and oxygen atoms in total. The lowest BCUT2D eigenvalue weighted by atomic mass is 10.1. The predicted molar refractivity (Wildman–Crippen MR) is 112 cm³/mol. The lowest BCUT2D eigenvalue weighted by Crippen LogP contribution is -2.32. The highest BCUT2D eigenvalue weighted by atomic mass is 16.5. The molecule has 3 N–H and O–H groups in total. The molecule has 0 aliphatic rings. The molecule has 0 fully saturated rings. The summed E-state index contributed by atoms with van der Waals surface area (Å²) in [5, 5.41) is 7.77. The van der Waals surface area contributed by atoms with Crippen LogP contribution in [0.2, 0.25) is 0 Å². The molecule has 2 aromatic rings. The molecule has 0 spiro atoms. The number of rotatable bonds is 9. The van der Waals surface area contributed by atoms with Gasteiger partial charge in [-0.3, -0.25) is 19.2 Å². The number of carbonyl (C=O) groups is 4. The predicted octanol–water partition coefficient (Wildman–Crippen LogP) is 1.98. The highest BCUT2D eigenvalue weighted by molar-refractivity contribution is 6.04. The van der Waals surface area contributed by atoms with Gasteiger partial charge in [-0.15, -0.1) is 0 Å². The van der Waals surface area contributed by atoms with Crippen molar-refractivity contribution < 1.29 is 23.9 Å². The fraction of sp³-hybridized carbons (Fsp3) is 0.273. The van der Waals surface area contributed by atoms with Crippen molar-refractivity contribution in [2.45, 2.75) is 13.8 Å². The normalized spacial score (nSPS) is 10.2. The van der Waals surface area contributed by atoms with Gasteiger partial charge in [0.15, 0.2) is 6.61 Å². The van der Waals surface area contributed by atoms with E-state index in [0.717, 1.165) is 0 Å². The van der Waals surface area contributed by atoms with E-state index >= 15 is 0 Å². The molecule has 0 saturated carbocycles. The number of benzene rings is 2. The van der Waals surface area contributed by atoms with Crippen molar-refractivity contribution in [2.75, 3.05) is 25.0 Å². The third kappa shape index (κ3) is 7.38. The molecule has 0 bridgehead atoms. The number of anilines is 1. The Bertz CT molecular complexity index is 897. The van der Waals surface area contributed by atoms with Gasteiger partial charge in [0.25, 0.3) is 17.7 Å². The minimum Gasteiger partial charge on any atom is -0.454 e. The van der Waals surface area contributed by atoms with Crippen molar-refractivity contribution in [1.29, 1.82) is 0 Å². The summed E-state index contributed by atoms with van der Waals surface area (Å²) in [5.74, 6) is -1.78. The van der Waals surface area contributed by atoms with Gasteiger partial charge >= 0.3 is 5.97 Å². The number of esters is 1. The molecule has 0 aromatic heterocycles. The number of hydrogen-bond donors (Lipinski definition) is 3. The lowest BCUT2D eigenvalue weighted by Gasteiger charge is -2.12. The first-order chi connectivity index (χ1) is 14.4. The third-order valence-corrected chi connectivity index (χ3v) is 3.91. The van der Waals surface area contributed by atoms with Crippen LogP contribution >= 0.6 is 0 Å². The summed E-state index contributed by atoms with van der Waals surface area (Å²) in [7, 11) is 0. The van der Waals surface area contributed by atoms with Crippen molar-refractivity contribution in [2.24, 2.45) is 5.92 Å². The summed E-state index contributed by atoms with van der Waals surface area (Å²) >= 11 is 0. The smallest absolute Gasteiger partial charge is 0.325 e. The SMILES string of the molecule is CC(C)CNC(=O)c1ccccc1NC(=O)COC(=O)CNC(=O)c1ccccc1. The van der Waals surface area contributed by atoms with E-state index in [1.54, 1.807) is 54.6 Å². The van der Waals surface area contributed by atoms with Crippen LogP contribution in [0.15, 0.2) is 54.6 Å². The zero-order chi connectivity index (χ0) is 21.9. The summed E-state index contributed by atoms with van der Waals surface area (Å²) in [4.78, 5) is 48.1. The second-order valence-corrected chi connectivity index (χ2v) is 6.91. The summed E-state index contributed by atoms with van der Waals surface area (Å²) in [6.45, 7) is 3.56. The van der Waals surface area contributed by atoms with E-state index in [-0.39, 0.29) is 18.4 Å². The molecule has 0 atom stereocenters. The van der Waals surface area contributed by atoms with Gasteiger partial charge in [-0.1, -0.05) is 44.2 Å². The van der Waals surface area contributed by atoms with Crippen LogP contribution in [0, 0.1) is 5.92 Å². The van der Waals surface area contributed by atoms with Crippen molar-refractivity contribution >= 4 is 29.4 Å². The second-order valence-electron chi connectivity index (χ2n) is 6.91. The molecule has 2 rings (SSSR count). The van der Waals surface area contributed by atoms with E-state index in [4.69, 9.17) is 4.74 Å². The van der Waals surface area contributed by atoms with Crippen LogP contribution in [0.1, 0.15) is 34.6 Å².